The Bertz CT molecular complexity index is 971. The number of carbonyl (C=O) groups excluding carboxylic acids is 1. The number of aromatic nitrogens is 5. The van der Waals surface area contributed by atoms with Gasteiger partial charge in [-0.05, 0) is 25.3 Å². The number of amides is 1. The van der Waals surface area contributed by atoms with Gasteiger partial charge in [-0.1, -0.05) is 0 Å². The highest BCUT2D eigenvalue weighted by Gasteiger charge is 2.52. The molecule has 8 heteroatoms. The molecule has 1 aliphatic heterocycles. The molecule has 2 aliphatic rings. The summed E-state index contributed by atoms with van der Waals surface area (Å²) >= 11 is 0. The number of imidazole rings is 1. The second-order valence-electron chi connectivity index (χ2n) is 7.28. The molecule has 0 radical (unpaired) electrons. The Hall–Kier alpha value is -2.90. The lowest BCUT2D eigenvalue weighted by Gasteiger charge is -2.32. The standard InChI is InChI=1S/C18H21N7O/c1-23-12-19-9-14(23)17(26)25-8-2-7-24(10-18(25)4-5-18)16-13-3-6-20-15(13)21-11-22-16/h3,6,9,11-12H,2,4-5,7-8,10H2,1H3,(H,20,21,22). The predicted molar refractivity (Wildman–Crippen MR) is 96.9 cm³/mol. The van der Waals surface area contributed by atoms with Crippen molar-refractivity contribution in [1.29, 1.82) is 0 Å². The number of aromatic amines is 1. The van der Waals surface area contributed by atoms with E-state index in [2.05, 4.69) is 29.7 Å². The first kappa shape index (κ1) is 15.4. The topological polar surface area (TPSA) is 82.9 Å². The van der Waals surface area contributed by atoms with Crippen molar-refractivity contribution in [3.63, 3.8) is 0 Å². The molecule has 0 aromatic carbocycles. The first-order valence-electron chi connectivity index (χ1n) is 8.99. The third kappa shape index (κ3) is 2.28. The molecule has 1 N–H and O–H groups in total. The molecule has 8 nitrogen and oxygen atoms in total. The highest BCUT2D eigenvalue weighted by Crippen LogP contribution is 2.45. The molecule has 0 bridgehead atoms. The van der Waals surface area contributed by atoms with Gasteiger partial charge < -0.3 is 19.4 Å². The van der Waals surface area contributed by atoms with Crippen LogP contribution in [-0.4, -0.2) is 60.5 Å². The second-order valence-corrected chi connectivity index (χ2v) is 7.28. The van der Waals surface area contributed by atoms with E-state index in [1.807, 2.05) is 19.3 Å². The minimum atomic E-state index is -0.0918. The van der Waals surface area contributed by atoms with Crippen molar-refractivity contribution >= 4 is 22.8 Å². The van der Waals surface area contributed by atoms with Crippen LogP contribution in [0.3, 0.4) is 0 Å². The lowest BCUT2D eigenvalue weighted by molar-refractivity contribution is 0.0659. The molecule has 1 spiro atoms. The fourth-order valence-corrected chi connectivity index (χ4v) is 4.06. The van der Waals surface area contributed by atoms with Crippen molar-refractivity contribution in [2.45, 2.75) is 24.8 Å². The van der Waals surface area contributed by atoms with Gasteiger partial charge in [0.05, 0.1) is 23.4 Å². The van der Waals surface area contributed by atoms with E-state index >= 15 is 0 Å². The number of hydrogen-bond acceptors (Lipinski definition) is 5. The van der Waals surface area contributed by atoms with Gasteiger partial charge in [-0.2, -0.15) is 0 Å². The van der Waals surface area contributed by atoms with E-state index < -0.39 is 0 Å². The van der Waals surface area contributed by atoms with Crippen LogP contribution in [0.4, 0.5) is 5.82 Å². The monoisotopic (exact) mass is 351 g/mol. The Kier molecular flexibility index (Phi) is 3.28. The molecule has 1 saturated heterocycles. The van der Waals surface area contributed by atoms with E-state index in [0.29, 0.717) is 5.69 Å². The van der Waals surface area contributed by atoms with Crippen molar-refractivity contribution in [2.24, 2.45) is 7.05 Å². The van der Waals surface area contributed by atoms with Crippen molar-refractivity contribution in [3.05, 3.63) is 36.8 Å². The summed E-state index contributed by atoms with van der Waals surface area (Å²) in [5.41, 5.74) is 1.41. The van der Waals surface area contributed by atoms with E-state index in [1.54, 1.807) is 23.4 Å². The Morgan fingerprint density at radius 2 is 2.15 bits per heavy atom. The first-order valence-corrected chi connectivity index (χ1v) is 8.99. The zero-order valence-electron chi connectivity index (χ0n) is 14.7. The summed E-state index contributed by atoms with van der Waals surface area (Å²) in [7, 11) is 1.87. The summed E-state index contributed by atoms with van der Waals surface area (Å²) in [6, 6.07) is 2.02. The fraction of sp³-hybridized carbons (Fsp3) is 0.444. The molecule has 0 atom stereocenters. The molecule has 5 rings (SSSR count). The van der Waals surface area contributed by atoms with Gasteiger partial charge >= 0.3 is 0 Å². The number of fused-ring (bicyclic) bond motifs is 1. The molecular formula is C18H21N7O. The zero-order valence-corrected chi connectivity index (χ0v) is 14.7. The smallest absolute Gasteiger partial charge is 0.272 e. The average molecular weight is 351 g/mol. The molecule has 3 aromatic heterocycles. The van der Waals surface area contributed by atoms with Gasteiger partial charge in [0.1, 0.15) is 23.5 Å². The van der Waals surface area contributed by atoms with Gasteiger partial charge in [0, 0.05) is 32.9 Å². The molecule has 1 saturated carbocycles. The molecule has 0 unspecified atom stereocenters. The Morgan fingerprint density at radius 1 is 1.27 bits per heavy atom. The maximum atomic E-state index is 13.1. The van der Waals surface area contributed by atoms with Crippen molar-refractivity contribution in [1.82, 2.24) is 29.4 Å². The number of hydrogen-bond donors (Lipinski definition) is 1. The van der Waals surface area contributed by atoms with E-state index in [-0.39, 0.29) is 11.4 Å². The summed E-state index contributed by atoms with van der Waals surface area (Å²) in [6.45, 7) is 2.46. The molecule has 1 aliphatic carbocycles. The summed E-state index contributed by atoms with van der Waals surface area (Å²) in [6.07, 6.45) is 9.84. The number of nitrogens with zero attached hydrogens (tertiary/aromatic N) is 6. The number of rotatable bonds is 2. The van der Waals surface area contributed by atoms with Gasteiger partial charge in [0.15, 0.2) is 0 Å². The predicted octanol–water partition coefficient (Wildman–Crippen LogP) is 1.58. The fourth-order valence-electron chi connectivity index (χ4n) is 4.06. The van der Waals surface area contributed by atoms with E-state index in [1.165, 1.54) is 0 Å². The van der Waals surface area contributed by atoms with Gasteiger partial charge in [-0.25, -0.2) is 15.0 Å². The van der Waals surface area contributed by atoms with Crippen LogP contribution in [-0.2, 0) is 7.05 Å². The van der Waals surface area contributed by atoms with E-state index in [9.17, 15) is 4.79 Å². The largest absolute Gasteiger partial charge is 0.354 e. The number of H-pyrrole nitrogens is 1. The summed E-state index contributed by atoms with van der Waals surface area (Å²) in [4.78, 5) is 33.6. The van der Waals surface area contributed by atoms with Crippen LogP contribution in [0.2, 0.25) is 0 Å². The van der Waals surface area contributed by atoms with Crippen molar-refractivity contribution in [2.75, 3.05) is 24.5 Å². The van der Waals surface area contributed by atoms with E-state index in [0.717, 1.165) is 55.7 Å². The highest BCUT2D eigenvalue weighted by molar-refractivity contribution is 5.93. The Balaban J connectivity index is 1.47. The first-order chi connectivity index (χ1) is 12.7. The van der Waals surface area contributed by atoms with Crippen LogP contribution < -0.4 is 4.90 Å². The summed E-state index contributed by atoms with van der Waals surface area (Å²) in [5, 5.41) is 1.04. The lowest BCUT2D eigenvalue weighted by atomic mass is 10.2. The Labute approximate surface area is 150 Å². The quantitative estimate of drug-likeness (QED) is 0.758. The maximum Gasteiger partial charge on any atom is 0.272 e. The third-order valence-electron chi connectivity index (χ3n) is 5.61. The van der Waals surface area contributed by atoms with Gasteiger partial charge in [-0.15, -0.1) is 0 Å². The maximum absolute atomic E-state index is 13.1. The van der Waals surface area contributed by atoms with Gasteiger partial charge in [0.25, 0.3) is 5.91 Å². The van der Waals surface area contributed by atoms with E-state index in [4.69, 9.17) is 0 Å². The minimum absolute atomic E-state index is 0.0822. The molecule has 134 valence electrons. The normalized spacial score (nSPS) is 19.1. The van der Waals surface area contributed by atoms with Crippen LogP contribution in [0, 0.1) is 0 Å². The zero-order chi connectivity index (χ0) is 17.7. The van der Waals surface area contributed by atoms with Crippen LogP contribution >= 0.6 is 0 Å². The molecule has 4 heterocycles. The van der Waals surface area contributed by atoms with Crippen molar-refractivity contribution in [3.8, 4) is 0 Å². The summed E-state index contributed by atoms with van der Waals surface area (Å²) < 4.78 is 1.80. The molecule has 1 amide bonds. The SMILES string of the molecule is Cn1cncc1C(=O)N1CCCN(c2ncnc3[nH]ccc23)CC12CC2. The minimum Gasteiger partial charge on any atom is -0.354 e. The molecule has 3 aromatic rings. The molecular weight excluding hydrogens is 330 g/mol. The number of carbonyl (C=O) groups is 1. The van der Waals surface area contributed by atoms with Crippen molar-refractivity contribution < 1.29 is 4.79 Å². The molecule has 26 heavy (non-hydrogen) atoms. The lowest BCUT2D eigenvalue weighted by Crippen LogP contribution is -2.47. The van der Waals surface area contributed by atoms with Crippen LogP contribution in [0.1, 0.15) is 29.8 Å². The van der Waals surface area contributed by atoms with Crippen LogP contribution in [0.25, 0.3) is 11.0 Å². The second kappa shape index (κ2) is 5.55. The molecule has 2 fully saturated rings. The number of anilines is 1. The number of aryl methyl sites for hydroxylation is 1. The summed E-state index contributed by atoms with van der Waals surface area (Å²) in [5.74, 6) is 1.04. The van der Waals surface area contributed by atoms with Crippen LogP contribution in [0.15, 0.2) is 31.1 Å². The van der Waals surface area contributed by atoms with Gasteiger partial charge in [-0.3, -0.25) is 4.79 Å². The highest BCUT2D eigenvalue weighted by atomic mass is 16.2. The average Bonchev–Trinajstić information content (AvgIpc) is 3.09. The number of nitrogens with one attached hydrogen (secondary N) is 1. The Morgan fingerprint density at radius 3 is 2.92 bits per heavy atom. The van der Waals surface area contributed by atoms with Gasteiger partial charge in [0.2, 0.25) is 0 Å². The van der Waals surface area contributed by atoms with Crippen LogP contribution in [0.5, 0.6) is 0 Å². The third-order valence-corrected chi connectivity index (χ3v) is 5.61.